The van der Waals surface area contributed by atoms with Crippen LogP contribution in [0, 0.1) is 5.41 Å². The summed E-state index contributed by atoms with van der Waals surface area (Å²) in [5.41, 5.74) is 1.16. The molecule has 0 saturated heterocycles. The molecule has 1 rings (SSSR count). The third-order valence-electron chi connectivity index (χ3n) is 0.966. The van der Waals surface area contributed by atoms with E-state index in [9.17, 15) is 0 Å². The zero-order valence-corrected chi connectivity index (χ0v) is 5.13. The van der Waals surface area contributed by atoms with E-state index in [4.69, 9.17) is 5.41 Å². The molecule has 1 N–H and O–H groups in total. The van der Waals surface area contributed by atoms with Gasteiger partial charge in [-0.25, -0.2) is 9.97 Å². The van der Waals surface area contributed by atoms with Crippen molar-refractivity contribution in [2.45, 2.75) is 6.92 Å². The van der Waals surface area contributed by atoms with Gasteiger partial charge in [0, 0.05) is 6.20 Å². The first-order chi connectivity index (χ1) is 4.30. The molecule has 46 valence electrons. The van der Waals surface area contributed by atoms with E-state index in [2.05, 4.69) is 9.97 Å². The van der Waals surface area contributed by atoms with Crippen LogP contribution in [0.4, 0.5) is 0 Å². The average Bonchev–Trinajstić information content (AvgIpc) is 1.90. The van der Waals surface area contributed by atoms with Crippen molar-refractivity contribution < 1.29 is 0 Å². The predicted octanol–water partition coefficient (Wildman–Crippen LogP) is 0.864. The minimum Gasteiger partial charge on any atom is -0.303 e. The quantitative estimate of drug-likeness (QED) is 0.560. The first-order valence-electron chi connectivity index (χ1n) is 2.62. The molecule has 3 heteroatoms. The van der Waals surface area contributed by atoms with Gasteiger partial charge in [0.15, 0.2) is 0 Å². The minimum atomic E-state index is 0.470. The maximum atomic E-state index is 7.15. The summed E-state index contributed by atoms with van der Waals surface area (Å²) >= 11 is 0. The van der Waals surface area contributed by atoms with E-state index in [1.54, 1.807) is 19.2 Å². The zero-order valence-electron chi connectivity index (χ0n) is 5.13. The maximum Gasteiger partial charge on any atom is 0.116 e. The lowest BCUT2D eigenvalue weighted by Gasteiger charge is -1.91. The van der Waals surface area contributed by atoms with Crippen LogP contribution in [-0.4, -0.2) is 15.7 Å². The maximum absolute atomic E-state index is 7.15. The van der Waals surface area contributed by atoms with E-state index in [1.807, 2.05) is 0 Å². The van der Waals surface area contributed by atoms with Gasteiger partial charge in [0.05, 0.1) is 11.4 Å². The van der Waals surface area contributed by atoms with Crippen LogP contribution < -0.4 is 0 Å². The highest BCUT2D eigenvalue weighted by atomic mass is 14.8. The molecule has 9 heavy (non-hydrogen) atoms. The summed E-state index contributed by atoms with van der Waals surface area (Å²) < 4.78 is 0. The second-order valence-electron chi connectivity index (χ2n) is 1.72. The Morgan fingerprint density at radius 1 is 1.67 bits per heavy atom. The molecule has 0 spiro atoms. The van der Waals surface area contributed by atoms with Crippen molar-refractivity contribution in [3.05, 3.63) is 24.3 Å². The Balaban J connectivity index is 2.98. The van der Waals surface area contributed by atoms with Gasteiger partial charge in [-0.3, -0.25) is 0 Å². The predicted molar refractivity (Wildman–Crippen MR) is 34.5 cm³/mol. The van der Waals surface area contributed by atoms with Crippen molar-refractivity contribution in [1.29, 1.82) is 5.41 Å². The van der Waals surface area contributed by atoms with Crippen LogP contribution in [0.5, 0.6) is 0 Å². The standard InChI is InChI=1S/C6H7N3/c1-5(7)6-2-3-8-4-9-6/h2-4,7H,1H3. The first kappa shape index (κ1) is 5.88. The molecule has 0 saturated carbocycles. The molecule has 0 aliphatic carbocycles. The van der Waals surface area contributed by atoms with Gasteiger partial charge < -0.3 is 5.41 Å². The number of hydrogen-bond donors (Lipinski definition) is 1. The zero-order chi connectivity index (χ0) is 6.69. The highest BCUT2D eigenvalue weighted by molar-refractivity contribution is 5.94. The van der Waals surface area contributed by atoms with Crippen LogP contribution in [0.15, 0.2) is 18.6 Å². The van der Waals surface area contributed by atoms with Crippen LogP contribution in [0.3, 0.4) is 0 Å². The summed E-state index contributed by atoms with van der Waals surface area (Å²) in [5, 5.41) is 7.15. The minimum absolute atomic E-state index is 0.470. The smallest absolute Gasteiger partial charge is 0.116 e. The lowest BCUT2D eigenvalue weighted by Crippen LogP contribution is -1.94. The largest absolute Gasteiger partial charge is 0.303 e. The molecular formula is C6H7N3. The summed E-state index contributed by atoms with van der Waals surface area (Å²) in [5.74, 6) is 0. The van der Waals surface area contributed by atoms with Gasteiger partial charge in [-0.2, -0.15) is 0 Å². The fraction of sp³-hybridized carbons (Fsp3) is 0.167. The van der Waals surface area contributed by atoms with Crippen LogP contribution in [0.2, 0.25) is 0 Å². The van der Waals surface area contributed by atoms with Crippen molar-refractivity contribution in [2.24, 2.45) is 0 Å². The highest BCUT2D eigenvalue weighted by Gasteiger charge is 1.91. The van der Waals surface area contributed by atoms with Crippen LogP contribution in [-0.2, 0) is 0 Å². The first-order valence-corrected chi connectivity index (χ1v) is 2.62. The number of aromatic nitrogens is 2. The van der Waals surface area contributed by atoms with Crippen molar-refractivity contribution in [3.8, 4) is 0 Å². The van der Waals surface area contributed by atoms with Gasteiger partial charge in [0.2, 0.25) is 0 Å². The van der Waals surface area contributed by atoms with Crippen molar-refractivity contribution in [3.63, 3.8) is 0 Å². The normalized spacial score (nSPS) is 9.00. The second kappa shape index (κ2) is 2.35. The lowest BCUT2D eigenvalue weighted by atomic mass is 10.3. The molecule has 3 nitrogen and oxygen atoms in total. The molecule has 0 amide bonds. The van der Waals surface area contributed by atoms with Gasteiger partial charge in [-0.15, -0.1) is 0 Å². The molecule has 1 aromatic heterocycles. The third-order valence-corrected chi connectivity index (χ3v) is 0.966. The van der Waals surface area contributed by atoms with Crippen LogP contribution >= 0.6 is 0 Å². The molecule has 0 atom stereocenters. The van der Waals surface area contributed by atoms with Crippen molar-refractivity contribution in [1.82, 2.24) is 9.97 Å². The Hall–Kier alpha value is -1.25. The molecule has 0 aromatic carbocycles. The summed E-state index contributed by atoms with van der Waals surface area (Å²) in [7, 11) is 0. The van der Waals surface area contributed by atoms with Gasteiger partial charge in [0.25, 0.3) is 0 Å². The summed E-state index contributed by atoms with van der Waals surface area (Å²) in [4.78, 5) is 7.56. The van der Waals surface area contributed by atoms with E-state index < -0.39 is 0 Å². The van der Waals surface area contributed by atoms with E-state index >= 15 is 0 Å². The van der Waals surface area contributed by atoms with Crippen molar-refractivity contribution in [2.75, 3.05) is 0 Å². The number of nitrogens with one attached hydrogen (secondary N) is 1. The topological polar surface area (TPSA) is 49.6 Å². The fourth-order valence-corrected chi connectivity index (χ4v) is 0.513. The Bertz CT molecular complexity index is 205. The van der Waals surface area contributed by atoms with Gasteiger partial charge in [-0.05, 0) is 13.0 Å². The Morgan fingerprint density at radius 3 is 2.78 bits per heavy atom. The molecule has 0 fully saturated rings. The Labute approximate surface area is 53.3 Å². The fourth-order valence-electron chi connectivity index (χ4n) is 0.513. The summed E-state index contributed by atoms with van der Waals surface area (Å²) in [6.45, 7) is 1.70. The lowest BCUT2D eigenvalue weighted by molar-refractivity contribution is 1.14. The molecular weight excluding hydrogens is 114 g/mol. The van der Waals surface area contributed by atoms with Gasteiger partial charge in [-0.1, -0.05) is 0 Å². The van der Waals surface area contributed by atoms with E-state index in [-0.39, 0.29) is 0 Å². The summed E-state index contributed by atoms with van der Waals surface area (Å²) in [6, 6.07) is 1.71. The third kappa shape index (κ3) is 1.32. The van der Waals surface area contributed by atoms with Gasteiger partial charge in [0.1, 0.15) is 6.33 Å². The number of hydrogen-bond acceptors (Lipinski definition) is 3. The molecule has 1 heterocycles. The monoisotopic (exact) mass is 121 g/mol. The molecule has 0 unspecified atom stereocenters. The Kier molecular flexibility index (Phi) is 1.53. The molecule has 0 bridgehead atoms. The molecule has 0 radical (unpaired) electrons. The van der Waals surface area contributed by atoms with E-state index in [0.717, 1.165) is 0 Å². The molecule has 0 aliphatic rings. The van der Waals surface area contributed by atoms with Crippen molar-refractivity contribution >= 4 is 5.71 Å². The molecule has 0 aliphatic heterocycles. The van der Waals surface area contributed by atoms with Crippen LogP contribution in [0.25, 0.3) is 0 Å². The second-order valence-corrected chi connectivity index (χ2v) is 1.72. The van der Waals surface area contributed by atoms with Crippen LogP contribution in [0.1, 0.15) is 12.6 Å². The van der Waals surface area contributed by atoms with Gasteiger partial charge >= 0.3 is 0 Å². The molecule has 1 aromatic rings. The number of nitrogens with zero attached hydrogens (tertiary/aromatic N) is 2. The average molecular weight is 121 g/mol. The van der Waals surface area contributed by atoms with E-state index in [1.165, 1.54) is 6.33 Å². The number of rotatable bonds is 1. The van der Waals surface area contributed by atoms with E-state index in [0.29, 0.717) is 11.4 Å². The highest BCUT2D eigenvalue weighted by Crippen LogP contribution is 1.89. The summed E-state index contributed by atoms with van der Waals surface area (Å²) in [6.07, 6.45) is 3.06. The SMILES string of the molecule is CC(=N)c1ccncn1. The Morgan fingerprint density at radius 2 is 2.44 bits per heavy atom.